The summed E-state index contributed by atoms with van der Waals surface area (Å²) in [5.74, 6) is -1.17. The molecule has 0 amide bonds. The van der Waals surface area contributed by atoms with E-state index in [1.165, 1.54) is 0 Å². The summed E-state index contributed by atoms with van der Waals surface area (Å²) in [5.41, 5.74) is 0.826. The number of rotatable bonds is 5. The molecule has 21 heavy (non-hydrogen) atoms. The molecule has 4 nitrogen and oxygen atoms in total. The average Bonchev–Trinajstić information content (AvgIpc) is 2.83. The molecule has 1 N–H and O–H groups in total. The molecule has 1 heterocycles. The van der Waals surface area contributed by atoms with E-state index in [2.05, 4.69) is 9.72 Å². The van der Waals surface area contributed by atoms with Crippen molar-refractivity contribution in [3.05, 3.63) is 40.2 Å². The van der Waals surface area contributed by atoms with Crippen molar-refractivity contribution in [1.82, 2.24) is 4.98 Å². The molecule has 0 unspecified atom stereocenters. The van der Waals surface area contributed by atoms with E-state index >= 15 is 0 Å². The topological polar surface area (TPSA) is 59.4 Å². The van der Waals surface area contributed by atoms with Crippen LogP contribution in [0.15, 0.2) is 30.3 Å². The van der Waals surface area contributed by atoms with Gasteiger partial charge in [0.2, 0.25) is 0 Å². The van der Waals surface area contributed by atoms with Crippen LogP contribution in [-0.4, -0.2) is 28.8 Å². The van der Waals surface area contributed by atoms with E-state index in [4.69, 9.17) is 5.11 Å². The molecule has 0 saturated carbocycles. The monoisotopic (exact) mass is 317 g/mol. The van der Waals surface area contributed by atoms with Gasteiger partial charge in [-0.25, -0.2) is 9.78 Å². The highest BCUT2D eigenvalue weighted by molar-refractivity contribution is 7.14. The minimum atomic E-state index is -4.42. The van der Waals surface area contributed by atoms with Crippen LogP contribution in [0.3, 0.4) is 0 Å². The zero-order valence-electron chi connectivity index (χ0n) is 10.6. The third-order valence-electron chi connectivity index (χ3n) is 2.40. The lowest BCUT2D eigenvalue weighted by atomic mass is 10.1. The summed E-state index contributed by atoms with van der Waals surface area (Å²) in [6.07, 6.45) is -4.42. The molecule has 0 aliphatic carbocycles. The smallest absolute Gasteiger partial charge is 0.411 e. The van der Waals surface area contributed by atoms with E-state index < -0.39 is 18.8 Å². The summed E-state index contributed by atoms with van der Waals surface area (Å²) in [6, 6.07) is 8.58. The first-order valence-electron chi connectivity index (χ1n) is 5.80. The number of thiazole rings is 1. The molecule has 8 heteroatoms. The van der Waals surface area contributed by atoms with E-state index in [0.29, 0.717) is 5.56 Å². The molecule has 1 aromatic heterocycles. The van der Waals surface area contributed by atoms with Gasteiger partial charge in [0.1, 0.15) is 16.5 Å². The first-order chi connectivity index (χ1) is 9.87. The normalized spacial score (nSPS) is 11.6. The van der Waals surface area contributed by atoms with Gasteiger partial charge in [-0.05, 0) is 0 Å². The summed E-state index contributed by atoms with van der Waals surface area (Å²) in [4.78, 5) is 15.2. The molecule has 1 aromatic carbocycles. The van der Waals surface area contributed by atoms with Crippen LogP contribution in [0.4, 0.5) is 13.2 Å². The lowest BCUT2D eigenvalue weighted by Gasteiger charge is -2.05. The van der Waals surface area contributed by atoms with Gasteiger partial charge < -0.3 is 9.84 Å². The van der Waals surface area contributed by atoms with E-state index in [-0.39, 0.29) is 22.2 Å². The fourth-order valence-corrected chi connectivity index (χ4v) is 2.48. The molecule has 112 valence electrons. The molecule has 0 spiro atoms. The highest BCUT2D eigenvalue weighted by Gasteiger charge is 2.28. The van der Waals surface area contributed by atoms with Crippen LogP contribution in [0, 0.1) is 0 Å². The lowest BCUT2D eigenvalue weighted by Crippen LogP contribution is -2.16. The number of nitrogens with zero attached hydrogens (tertiary/aromatic N) is 1. The van der Waals surface area contributed by atoms with Gasteiger partial charge >= 0.3 is 12.1 Å². The van der Waals surface area contributed by atoms with Crippen LogP contribution in [0.1, 0.15) is 14.7 Å². The zero-order chi connectivity index (χ0) is 15.5. The van der Waals surface area contributed by atoms with Crippen LogP contribution in [0.5, 0.6) is 0 Å². The maximum atomic E-state index is 12.0. The number of halogens is 3. The van der Waals surface area contributed by atoms with E-state index in [1.807, 2.05) is 0 Å². The fourth-order valence-electron chi connectivity index (χ4n) is 1.62. The van der Waals surface area contributed by atoms with Crippen molar-refractivity contribution in [3.8, 4) is 11.3 Å². The summed E-state index contributed by atoms with van der Waals surface area (Å²) in [6.45, 7) is -1.77. The Labute approximate surface area is 121 Å². The molecular weight excluding hydrogens is 307 g/mol. The van der Waals surface area contributed by atoms with Gasteiger partial charge in [0.25, 0.3) is 0 Å². The van der Waals surface area contributed by atoms with E-state index in [0.717, 1.165) is 11.3 Å². The van der Waals surface area contributed by atoms with Crippen molar-refractivity contribution in [3.63, 3.8) is 0 Å². The molecular formula is C13H10F3NO3S. The molecule has 0 aliphatic heterocycles. The number of hydrogen-bond acceptors (Lipinski definition) is 4. The molecule has 2 aromatic rings. The SMILES string of the molecule is O=C(O)c1sc(COCC(F)(F)F)nc1-c1ccccc1. The van der Waals surface area contributed by atoms with Crippen molar-refractivity contribution >= 4 is 17.3 Å². The minimum absolute atomic E-state index is 0.0215. The van der Waals surface area contributed by atoms with Gasteiger partial charge in [-0.3, -0.25) is 0 Å². The van der Waals surface area contributed by atoms with Crippen LogP contribution in [0.25, 0.3) is 11.3 Å². The number of benzene rings is 1. The Morgan fingerprint density at radius 1 is 1.29 bits per heavy atom. The molecule has 0 aliphatic rings. The summed E-state index contributed by atoms with van der Waals surface area (Å²) in [7, 11) is 0. The molecule has 0 radical (unpaired) electrons. The average molecular weight is 317 g/mol. The molecule has 0 saturated heterocycles. The second-order valence-corrected chi connectivity index (χ2v) is 5.15. The third-order valence-corrected chi connectivity index (χ3v) is 3.42. The Bertz CT molecular complexity index is 625. The fraction of sp³-hybridized carbons (Fsp3) is 0.231. The zero-order valence-corrected chi connectivity index (χ0v) is 11.4. The van der Waals surface area contributed by atoms with Crippen LogP contribution in [0.2, 0.25) is 0 Å². The Hall–Kier alpha value is -1.93. The number of carboxylic acids is 1. The summed E-state index contributed by atoms with van der Waals surface area (Å²) < 4.78 is 40.5. The quantitative estimate of drug-likeness (QED) is 0.915. The molecule has 0 atom stereocenters. The number of ether oxygens (including phenoxy) is 1. The molecule has 0 fully saturated rings. The predicted octanol–water partition coefficient (Wildman–Crippen LogP) is 3.59. The number of aromatic nitrogens is 1. The second kappa shape index (κ2) is 6.23. The van der Waals surface area contributed by atoms with Crippen LogP contribution >= 0.6 is 11.3 Å². The van der Waals surface area contributed by atoms with Gasteiger partial charge in [-0.15, -0.1) is 11.3 Å². The van der Waals surface area contributed by atoms with Crippen molar-refractivity contribution in [1.29, 1.82) is 0 Å². The van der Waals surface area contributed by atoms with E-state index in [1.54, 1.807) is 30.3 Å². The minimum Gasteiger partial charge on any atom is -0.477 e. The molecule has 2 rings (SSSR count). The molecule has 0 bridgehead atoms. The highest BCUT2D eigenvalue weighted by atomic mass is 32.1. The van der Waals surface area contributed by atoms with Crippen molar-refractivity contribution in [2.45, 2.75) is 12.8 Å². The van der Waals surface area contributed by atoms with Gasteiger partial charge in [0, 0.05) is 5.56 Å². The maximum absolute atomic E-state index is 12.0. The first-order valence-corrected chi connectivity index (χ1v) is 6.61. The standard InChI is InChI=1S/C13H10F3NO3S/c14-13(15,16)7-20-6-9-17-10(11(21-9)12(18)19)8-4-2-1-3-5-8/h1-5H,6-7H2,(H,18,19). The number of hydrogen-bond donors (Lipinski definition) is 1. The number of carbonyl (C=O) groups is 1. The van der Waals surface area contributed by atoms with Crippen molar-refractivity contribution < 1.29 is 27.8 Å². The second-order valence-electron chi connectivity index (χ2n) is 4.06. The van der Waals surface area contributed by atoms with Gasteiger partial charge in [0.05, 0.1) is 12.3 Å². The van der Waals surface area contributed by atoms with Crippen LogP contribution < -0.4 is 0 Å². The van der Waals surface area contributed by atoms with E-state index in [9.17, 15) is 18.0 Å². The van der Waals surface area contributed by atoms with Crippen molar-refractivity contribution in [2.24, 2.45) is 0 Å². The maximum Gasteiger partial charge on any atom is 0.411 e. The van der Waals surface area contributed by atoms with Gasteiger partial charge in [0.15, 0.2) is 0 Å². The Morgan fingerprint density at radius 2 is 1.95 bits per heavy atom. The van der Waals surface area contributed by atoms with Gasteiger partial charge in [-0.1, -0.05) is 30.3 Å². The number of aromatic carboxylic acids is 1. The Morgan fingerprint density at radius 3 is 2.52 bits per heavy atom. The lowest BCUT2D eigenvalue weighted by molar-refractivity contribution is -0.176. The van der Waals surface area contributed by atoms with Crippen molar-refractivity contribution in [2.75, 3.05) is 6.61 Å². The first kappa shape index (κ1) is 15.5. The third kappa shape index (κ3) is 4.27. The number of alkyl halides is 3. The number of carboxylic acid groups (broad SMARTS) is 1. The Kier molecular flexibility index (Phi) is 4.59. The largest absolute Gasteiger partial charge is 0.477 e. The predicted molar refractivity (Wildman–Crippen MR) is 70.2 cm³/mol. The summed E-state index contributed by atoms with van der Waals surface area (Å²) >= 11 is 0.810. The highest BCUT2D eigenvalue weighted by Crippen LogP contribution is 2.29. The summed E-state index contributed by atoms with van der Waals surface area (Å²) in [5, 5.41) is 9.33. The van der Waals surface area contributed by atoms with Gasteiger partial charge in [-0.2, -0.15) is 13.2 Å². The van der Waals surface area contributed by atoms with Crippen LogP contribution in [-0.2, 0) is 11.3 Å². The Balaban J connectivity index is 2.20.